The minimum Gasteiger partial charge on any atom is -0.444 e. The summed E-state index contributed by atoms with van der Waals surface area (Å²) in [5.41, 5.74) is 3.65. The van der Waals surface area contributed by atoms with Crippen LogP contribution < -0.4 is 10.9 Å². The van der Waals surface area contributed by atoms with Crippen molar-refractivity contribution in [3.05, 3.63) is 63.5 Å². The number of H-pyrrole nitrogens is 1. The minimum absolute atomic E-state index is 0.145. The lowest BCUT2D eigenvalue weighted by Gasteiger charge is -2.15. The first-order valence-corrected chi connectivity index (χ1v) is 11.6. The fourth-order valence-corrected chi connectivity index (χ4v) is 5.13. The molecule has 3 aromatic heterocycles. The molecule has 164 valence electrons. The predicted molar refractivity (Wildman–Crippen MR) is 124 cm³/mol. The van der Waals surface area contributed by atoms with Gasteiger partial charge in [0.25, 0.3) is 5.56 Å². The molecule has 0 bridgehead atoms. The molecule has 1 aromatic carbocycles. The molecule has 0 atom stereocenters. The Morgan fingerprint density at radius 2 is 1.97 bits per heavy atom. The average Bonchev–Trinajstić information content (AvgIpc) is 3.33. The van der Waals surface area contributed by atoms with Gasteiger partial charge in [-0.25, -0.2) is 10.1 Å². The summed E-state index contributed by atoms with van der Waals surface area (Å²) in [7, 11) is 0. The van der Waals surface area contributed by atoms with E-state index in [1.54, 1.807) is 13.8 Å². The van der Waals surface area contributed by atoms with Gasteiger partial charge in [-0.1, -0.05) is 30.0 Å². The van der Waals surface area contributed by atoms with Crippen molar-refractivity contribution in [3.8, 4) is 5.69 Å². The third-order valence-corrected chi connectivity index (χ3v) is 6.64. The molecule has 8 nitrogen and oxygen atoms in total. The Hall–Kier alpha value is -3.33. The van der Waals surface area contributed by atoms with Crippen LogP contribution in [0, 0.1) is 13.8 Å². The zero-order chi connectivity index (χ0) is 22.2. The Morgan fingerprint density at radius 3 is 2.78 bits per heavy atom. The number of amides is 1. The number of furan rings is 1. The monoisotopic (exact) mass is 449 g/mol. The highest BCUT2D eigenvalue weighted by molar-refractivity contribution is 7.99. The number of rotatable bonds is 5. The van der Waals surface area contributed by atoms with Gasteiger partial charge in [0, 0.05) is 11.4 Å². The maximum absolute atomic E-state index is 12.8. The van der Waals surface area contributed by atoms with Gasteiger partial charge in [-0.05, 0) is 51.7 Å². The van der Waals surface area contributed by atoms with Crippen molar-refractivity contribution in [1.29, 1.82) is 0 Å². The van der Waals surface area contributed by atoms with Crippen molar-refractivity contribution in [2.45, 2.75) is 44.7 Å². The molecule has 0 aliphatic heterocycles. The van der Waals surface area contributed by atoms with Gasteiger partial charge in [0.05, 0.1) is 22.5 Å². The highest BCUT2D eigenvalue weighted by Gasteiger charge is 2.23. The van der Waals surface area contributed by atoms with Crippen LogP contribution in [-0.2, 0) is 17.6 Å². The number of aromatic nitrogens is 4. The summed E-state index contributed by atoms with van der Waals surface area (Å²) in [5, 5.41) is 10.9. The SMILES string of the molecule is Cc1n[nH]c(=O)c2c(NC(=O)CSc3nc4c(n3-c3ccccc3)CCCC4)oc(C)c12. The maximum Gasteiger partial charge on any atom is 0.277 e. The molecule has 1 aliphatic carbocycles. The Kier molecular flexibility index (Phi) is 5.34. The second kappa shape index (κ2) is 8.31. The summed E-state index contributed by atoms with van der Waals surface area (Å²) in [5.74, 6) is 0.582. The first-order chi connectivity index (χ1) is 15.5. The van der Waals surface area contributed by atoms with Crippen LogP contribution in [0.1, 0.15) is 35.7 Å². The molecule has 4 aromatic rings. The fraction of sp³-hybridized carbons (Fsp3) is 0.304. The van der Waals surface area contributed by atoms with E-state index in [1.165, 1.54) is 17.5 Å². The predicted octanol–water partition coefficient (Wildman–Crippen LogP) is 3.93. The molecule has 0 radical (unpaired) electrons. The lowest BCUT2D eigenvalue weighted by atomic mass is 10.0. The second-order valence-electron chi connectivity index (χ2n) is 7.88. The normalized spacial score (nSPS) is 13.3. The lowest BCUT2D eigenvalue weighted by Crippen LogP contribution is -2.17. The fourth-order valence-electron chi connectivity index (χ4n) is 4.28. The number of nitrogens with one attached hydrogen (secondary N) is 2. The number of fused-ring (bicyclic) bond motifs is 2. The van der Waals surface area contributed by atoms with Crippen LogP contribution in [0.25, 0.3) is 16.5 Å². The Bertz CT molecular complexity index is 1370. The largest absolute Gasteiger partial charge is 0.444 e. The van der Waals surface area contributed by atoms with Crippen LogP contribution in [0.15, 0.2) is 44.7 Å². The molecule has 32 heavy (non-hydrogen) atoms. The van der Waals surface area contributed by atoms with E-state index < -0.39 is 5.56 Å². The van der Waals surface area contributed by atoms with E-state index in [0.717, 1.165) is 42.2 Å². The third-order valence-electron chi connectivity index (χ3n) is 5.70. The number of carbonyl (C=O) groups excluding carboxylic acids is 1. The Labute approximate surface area is 188 Å². The van der Waals surface area contributed by atoms with Crippen LogP contribution in [0.3, 0.4) is 0 Å². The van der Waals surface area contributed by atoms with Gasteiger partial charge >= 0.3 is 0 Å². The molecule has 0 unspecified atom stereocenters. The number of imidazole rings is 1. The number of aromatic amines is 1. The molecule has 0 saturated carbocycles. The van der Waals surface area contributed by atoms with Crippen LogP contribution in [0.5, 0.6) is 0 Å². The molecule has 0 fully saturated rings. The Balaban J connectivity index is 1.40. The molecule has 9 heteroatoms. The number of carbonyl (C=O) groups is 1. The van der Waals surface area contributed by atoms with Crippen molar-refractivity contribution >= 4 is 34.3 Å². The summed E-state index contributed by atoms with van der Waals surface area (Å²) in [4.78, 5) is 29.9. The molecular weight excluding hydrogens is 426 g/mol. The number of benzene rings is 1. The van der Waals surface area contributed by atoms with Gasteiger partial charge in [-0.3, -0.25) is 19.5 Å². The first kappa shape index (κ1) is 20.6. The molecule has 0 spiro atoms. The van der Waals surface area contributed by atoms with E-state index in [-0.39, 0.29) is 17.5 Å². The zero-order valence-corrected chi connectivity index (χ0v) is 18.7. The summed E-state index contributed by atoms with van der Waals surface area (Å²) >= 11 is 1.38. The van der Waals surface area contributed by atoms with E-state index in [4.69, 9.17) is 9.40 Å². The number of thioether (sulfide) groups is 1. The topological polar surface area (TPSA) is 106 Å². The van der Waals surface area contributed by atoms with Crippen molar-refractivity contribution in [2.75, 3.05) is 11.1 Å². The molecular formula is C23H23N5O3S. The van der Waals surface area contributed by atoms with Crippen LogP contribution >= 0.6 is 11.8 Å². The highest BCUT2D eigenvalue weighted by atomic mass is 32.2. The van der Waals surface area contributed by atoms with E-state index >= 15 is 0 Å². The van der Waals surface area contributed by atoms with Gasteiger partial charge in [0.2, 0.25) is 11.8 Å². The number of anilines is 1. The van der Waals surface area contributed by atoms with Crippen LogP contribution in [0.2, 0.25) is 0 Å². The zero-order valence-electron chi connectivity index (χ0n) is 17.9. The van der Waals surface area contributed by atoms with Crippen molar-refractivity contribution in [3.63, 3.8) is 0 Å². The van der Waals surface area contributed by atoms with Crippen molar-refractivity contribution in [2.24, 2.45) is 0 Å². The van der Waals surface area contributed by atoms with Crippen molar-refractivity contribution < 1.29 is 9.21 Å². The third kappa shape index (κ3) is 3.62. The van der Waals surface area contributed by atoms with Gasteiger partial charge in [0.15, 0.2) is 5.16 Å². The second-order valence-corrected chi connectivity index (χ2v) is 8.82. The van der Waals surface area contributed by atoms with Gasteiger partial charge in [-0.2, -0.15) is 5.10 Å². The van der Waals surface area contributed by atoms with Gasteiger partial charge in [0.1, 0.15) is 11.1 Å². The standard InChI is InChI=1S/C23H23N5O3S/c1-13-19-14(2)31-22(20(19)21(30)27-26-13)25-18(29)12-32-23-24-16-10-6-7-11-17(16)28(23)15-8-4-3-5-9-15/h3-5,8-9H,6-7,10-12H2,1-2H3,(H,25,29)(H,27,30). The highest BCUT2D eigenvalue weighted by Crippen LogP contribution is 2.31. The summed E-state index contributed by atoms with van der Waals surface area (Å²) < 4.78 is 7.85. The number of para-hydroxylation sites is 1. The number of hydrogen-bond donors (Lipinski definition) is 2. The van der Waals surface area contributed by atoms with E-state index in [2.05, 4.69) is 32.2 Å². The Morgan fingerprint density at radius 1 is 1.19 bits per heavy atom. The molecule has 3 heterocycles. The van der Waals surface area contributed by atoms with E-state index in [1.807, 2.05) is 18.2 Å². The van der Waals surface area contributed by atoms with Gasteiger partial charge in [-0.15, -0.1) is 0 Å². The molecule has 5 rings (SSSR count). The summed E-state index contributed by atoms with van der Waals surface area (Å²) in [6.07, 6.45) is 4.22. The molecule has 1 amide bonds. The number of aryl methyl sites for hydroxylation is 3. The minimum atomic E-state index is -0.391. The molecule has 1 aliphatic rings. The van der Waals surface area contributed by atoms with E-state index in [9.17, 15) is 9.59 Å². The average molecular weight is 450 g/mol. The quantitative estimate of drug-likeness (QED) is 0.447. The van der Waals surface area contributed by atoms with Gasteiger partial charge < -0.3 is 4.42 Å². The number of hydrogen-bond acceptors (Lipinski definition) is 6. The van der Waals surface area contributed by atoms with Crippen molar-refractivity contribution in [1.82, 2.24) is 19.7 Å². The summed E-state index contributed by atoms with van der Waals surface area (Å²) in [6, 6.07) is 10.1. The maximum atomic E-state index is 12.8. The van der Waals surface area contributed by atoms with Crippen LogP contribution in [-0.4, -0.2) is 31.4 Å². The molecule has 0 saturated heterocycles. The lowest BCUT2D eigenvalue weighted by molar-refractivity contribution is -0.113. The first-order valence-electron chi connectivity index (χ1n) is 10.6. The van der Waals surface area contributed by atoms with Crippen LogP contribution in [0.4, 0.5) is 5.88 Å². The number of nitrogens with zero attached hydrogens (tertiary/aromatic N) is 3. The van der Waals surface area contributed by atoms with E-state index in [0.29, 0.717) is 22.2 Å². The summed E-state index contributed by atoms with van der Waals surface area (Å²) in [6.45, 7) is 3.54. The molecule has 2 N–H and O–H groups in total. The smallest absolute Gasteiger partial charge is 0.277 e.